The van der Waals surface area contributed by atoms with Gasteiger partial charge in [0.05, 0.1) is 26.4 Å². The first kappa shape index (κ1) is 21.7. The molecule has 1 aliphatic rings. The first-order chi connectivity index (χ1) is 13.3. The highest BCUT2D eigenvalue weighted by atomic mass is 16.5. The second-order valence-electron chi connectivity index (χ2n) is 6.75. The van der Waals surface area contributed by atoms with Crippen LogP contribution >= 0.6 is 0 Å². The van der Waals surface area contributed by atoms with Gasteiger partial charge in [-0.2, -0.15) is 0 Å². The second kappa shape index (κ2) is 13.5. The van der Waals surface area contributed by atoms with Crippen molar-refractivity contribution in [2.24, 2.45) is 4.99 Å². The molecule has 1 aromatic carbocycles. The maximum Gasteiger partial charge on any atom is 0.191 e. The highest BCUT2D eigenvalue weighted by Crippen LogP contribution is 2.14. The lowest BCUT2D eigenvalue weighted by Crippen LogP contribution is -2.39. The minimum atomic E-state index is 0.673. The number of morpholine rings is 1. The highest BCUT2D eigenvalue weighted by Gasteiger charge is 2.12. The Morgan fingerprint density at radius 1 is 1.11 bits per heavy atom. The van der Waals surface area contributed by atoms with Crippen molar-refractivity contribution in [2.75, 3.05) is 52.6 Å². The average Bonchev–Trinajstić information content (AvgIpc) is 2.70. The van der Waals surface area contributed by atoms with E-state index in [1.807, 2.05) is 0 Å². The summed E-state index contributed by atoms with van der Waals surface area (Å²) in [5, 5.41) is 6.67. The van der Waals surface area contributed by atoms with Crippen LogP contribution < -0.4 is 10.6 Å². The predicted octanol–water partition coefficient (Wildman–Crippen LogP) is 2.39. The van der Waals surface area contributed by atoms with Crippen LogP contribution in [0.4, 0.5) is 0 Å². The van der Waals surface area contributed by atoms with Gasteiger partial charge < -0.3 is 20.1 Å². The van der Waals surface area contributed by atoms with Crippen molar-refractivity contribution >= 4 is 5.96 Å². The van der Waals surface area contributed by atoms with Gasteiger partial charge >= 0.3 is 0 Å². The third kappa shape index (κ3) is 8.73. The zero-order valence-electron chi connectivity index (χ0n) is 17.0. The van der Waals surface area contributed by atoms with Crippen LogP contribution in [-0.4, -0.2) is 63.5 Å². The highest BCUT2D eigenvalue weighted by molar-refractivity contribution is 5.79. The number of aliphatic imine (C=N–C) groups is 1. The van der Waals surface area contributed by atoms with Crippen molar-refractivity contribution in [3.8, 4) is 0 Å². The minimum absolute atomic E-state index is 0.673. The topological polar surface area (TPSA) is 58.1 Å². The molecule has 1 fully saturated rings. The molecule has 0 radical (unpaired) electrons. The number of unbranched alkanes of at least 4 members (excludes halogenated alkanes) is 1. The molecule has 0 unspecified atom stereocenters. The van der Waals surface area contributed by atoms with Crippen LogP contribution in [0.1, 0.15) is 37.8 Å². The van der Waals surface area contributed by atoms with Crippen molar-refractivity contribution in [3.05, 3.63) is 35.4 Å². The molecule has 1 aliphatic heterocycles. The van der Waals surface area contributed by atoms with Crippen molar-refractivity contribution in [1.82, 2.24) is 15.5 Å². The number of hydrogen-bond donors (Lipinski definition) is 2. The van der Waals surface area contributed by atoms with Crippen molar-refractivity contribution in [3.63, 3.8) is 0 Å². The van der Waals surface area contributed by atoms with E-state index >= 15 is 0 Å². The smallest absolute Gasteiger partial charge is 0.191 e. The van der Waals surface area contributed by atoms with E-state index in [1.54, 1.807) is 0 Å². The summed E-state index contributed by atoms with van der Waals surface area (Å²) < 4.78 is 11.1. The third-order valence-electron chi connectivity index (χ3n) is 4.55. The van der Waals surface area contributed by atoms with E-state index in [-0.39, 0.29) is 0 Å². The molecule has 2 N–H and O–H groups in total. The molecule has 1 saturated heterocycles. The van der Waals surface area contributed by atoms with Crippen LogP contribution in [-0.2, 0) is 22.6 Å². The van der Waals surface area contributed by atoms with Crippen LogP contribution in [0.25, 0.3) is 0 Å². The maximum absolute atomic E-state index is 5.61. The van der Waals surface area contributed by atoms with Gasteiger partial charge in [-0.05, 0) is 24.5 Å². The SMILES string of the molecule is CCCCOCCNC(=NCc1ccccc1CN1CCOCC1)NCC. The molecule has 6 heteroatoms. The maximum atomic E-state index is 5.61. The van der Waals surface area contributed by atoms with E-state index in [0.29, 0.717) is 13.2 Å². The number of hydrogen-bond acceptors (Lipinski definition) is 4. The van der Waals surface area contributed by atoms with Crippen LogP contribution in [0.5, 0.6) is 0 Å². The lowest BCUT2D eigenvalue weighted by atomic mass is 10.1. The molecule has 0 saturated carbocycles. The summed E-state index contributed by atoms with van der Waals surface area (Å²) in [6.07, 6.45) is 2.29. The molecule has 0 spiro atoms. The minimum Gasteiger partial charge on any atom is -0.380 e. The number of benzene rings is 1. The molecule has 2 rings (SSSR count). The van der Waals surface area contributed by atoms with Gasteiger partial charge in [0.2, 0.25) is 0 Å². The second-order valence-corrected chi connectivity index (χ2v) is 6.75. The zero-order chi connectivity index (χ0) is 19.2. The van der Waals surface area contributed by atoms with Crippen LogP contribution in [0, 0.1) is 0 Å². The van der Waals surface area contributed by atoms with E-state index in [1.165, 1.54) is 17.5 Å². The molecule has 0 aliphatic carbocycles. The van der Waals surface area contributed by atoms with E-state index in [0.717, 1.165) is 64.9 Å². The number of nitrogens with zero attached hydrogens (tertiary/aromatic N) is 2. The van der Waals surface area contributed by atoms with Gasteiger partial charge in [0.1, 0.15) is 0 Å². The Hall–Kier alpha value is -1.63. The lowest BCUT2D eigenvalue weighted by Gasteiger charge is -2.27. The fraction of sp³-hybridized carbons (Fsp3) is 0.667. The molecule has 0 amide bonds. The van der Waals surface area contributed by atoms with E-state index in [4.69, 9.17) is 14.5 Å². The molecule has 0 bridgehead atoms. The molecule has 0 atom stereocenters. The summed E-state index contributed by atoms with van der Waals surface area (Å²) in [5.41, 5.74) is 2.63. The van der Waals surface area contributed by atoms with Gasteiger partial charge in [0.15, 0.2) is 5.96 Å². The third-order valence-corrected chi connectivity index (χ3v) is 4.55. The van der Waals surface area contributed by atoms with E-state index < -0.39 is 0 Å². The Morgan fingerprint density at radius 2 is 1.89 bits per heavy atom. The van der Waals surface area contributed by atoms with E-state index in [9.17, 15) is 0 Å². The van der Waals surface area contributed by atoms with Gasteiger partial charge in [-0.3, -0.25) is 4.90 Å². The monoisotopic (exact) mass is 376 g/mol. The van der Waals surface area contributed by atoms with Gasteiger partial charge in [0.25, 0.3) is 0 Å². The molecule has 152 valence electrons. The summed E-state index contributed by atoms with van der Waals surface area (Å²) in [4.78, 5) is 7.21. The summed E-state index contributed by atoms with van der Waals surface area (Å²) in [5.74, 6) is 0.845. The summed E-state index contributed by atoms with van der Waals surface area (Å²) in [6, 6.07) is 8.59. The molecule has 6 nitrogen and oxygen atoms in total. The number of ether oxygens (including phenoxy) is 2. The zero-order valence-corrected chi connectivity index (χ0v) is 17.0. The fourth-order valence-electron chi connectivity index (χ4n) is 2.96. The van der Waals surface area contributed by atoms with Crippen LogP contribution in [0.2, 0.25) is 0 Å². The summed E-state index contributed by atoms with van der Waals surface area (Å²) >= 11 is 0. The largest absolute Gasteiger partial charge is 0.380 e. The fourth-order valence-corrected chi connectivity index (χ4v) is 2.96. The quantitative estimate of drug-likeness (QED) is 0.353. The van der Waals surface area contributed by atoms with Crippen molar-refractivity contribution in [1.29, 1.82) is 0 Å². The first-order valence-corrected chi connectivity index (χ1v) is 10.3. The number of nitrogens with one attached hydrogen (secondary N) is 2. The Labute approximate surface area is 164 Å². The van der Waals surface area contributed by atoms with Gasteiger partial charge in [-0.15, -0.1) is 0 Å². The summed E-state index contributed by atoms with van der Waals surface area (Å²) in [7, 11) is 0. The van der Waals surface area contributed by atoms with Crippen LogP contribution in [0.15, 0.2) is 29.3 Å². The van der Waals surface area contributed by atoms with Crippen LogP contribution in [0.3, 0.4) is 0 Å². The normalized spacial score (nSPS) is 15.7. The molecule has 1 aromatic rings. The summed E-state index contributed by atoms with van der Waals surface area (Å²) in [6.45, 7) is 12.7. The molecule has 1 heterocycles. The van der Waals surface area contributed by atoms with E-state index in [2.05, 4.69) is 53.6 Å². The Morgan fingerprint density at radius 3 is 2.63 bits per heavy atom. The molecule has 27 heavy (non-hydrogen) atoms. The first-order valence-electron chi connectivity index (χ1n) is 10.3. The predicted molar refractivity (Wildman–Crippen MR) is 111 cm³/mol. The van der Waals surface area contributed by atoms with Crippen molar-refractivity contribution in [2.45, 2.75) is 39.8 Å². The Bertz CT molecular complexity index is 545. The van der Waals surface area contributed by atoms with Crippen molar-refractivity contribution < 1.29 is 9.47 Å². The number of guanidine groups is 1. The Kier molecular flexibility index (Phi) is 10.9. The number of rotatable bonds is 11. The lowest BCUT2D eigenvalue weighted by molar-refractivity contribution is 0.0341. The Balaban J connectivity index is 1.86. The van der Waals surface area contributed by atoms with Gasteiger partial charge in [0, 0.05) is 39.3 Å². The molecule has 0 aromatic heterocycles. The average molecular weight is 377 g/mol. The molecular formula is C21H36N4O2. The van der Waals surface area contributed by atoms with Gasteiger partial charge in [-0.1, -0.05) is 37.6 Å². The van der Waals surface area contributed by atoms with Gasteiger partial charge in [-0.25, -0.2) is 4.99 Å². The standard InChI is InChI=1S/C21H36N4O2/c1-3-5-13-26-14-10-23-21(22-4-2)24-17-19-8-6-7-9-20(19)18-25-11-15-27-16-12-25/h6-9H,3-5,10-18H2,1-2H3,(H2,22,23,24). The molecular weight excluding hydrogens is 340 g/mol.